The van der Waals surface area contributed by atoms with Crippen LogP contribution in [0, 0.1) is 5.82 Å². The van der Waals surface area contributed by atoms with E-state index in [2.05, 4.69) is 4.98 Å². The summed E-state index contributed by atoms with van der Waals surface area (Å²) in [5, 5.41) is 9.56. The molecule has 2 aromatic rings. The summed E-state index contributed by atoms with van der Waals surface area (Å²) in [4.78, 5) is 15.7. The highest BCUT2D eigenvalue weighted by Gasteiger charge is 2.30. The fourth-order valence-electron chi connectivity index (χ4n) is 1.96. The van der Waals surface area contributed by atoms with E-state index in [-0.39, 0.29) is 18.1 Å². The first-order chi connectivity index (χ1) is 9.65. The highest BCUT2D eigenvalue weighted by atomic mass is 19.1. The number of fused-ring (bicyclic) bond motifs is 1. The Balaban J connectivity index is 1.90. The quantitative estimate of drug-likeness (QED) is 0.643. The Kier molecular flexibility index (Phi) is 3.21. The largest absolute Gasteiger partial charge is 0.491 e. The van der Waals surface area contributed by atoms with Crippen LogP contribution >= 0.6 is 0 Å². The van der Waals surface area contributed by atoms with E-state index < -0.39 is 18.9 Å². The molecule has 0 radical (unpaired) electrons. The van der Waals surface area contributed by atoms with Gasteiger partial charge in [0.1, 0.15) is 5.82 Å². The molecule has 0 fully saturated rings. The number of carbonyl (C=O) groups is 1. The van der Waals surface area contributed by atoms with Crippen molar-refractivity contribution in [3.63, 3.8) is 0 Å². The highest BCUT2D eigenvalue weighted by Crippen LogP contribution is 2.17. The molecule has 3 rings (SSSR count). The van der Waals surface area contributed by atoms with Crippen molar-refractivity contribution < 1.29 is 23.6 Å². The van der Waals surface area contributed by atoms with Gasteiger partial charge < -0.3 is 14.4 Å². The number of ether oxygens (including phenoxy) is 1. The van der Waals surface area contributed by atoms with Gasteiger partial charge in [-0.2, -0.15) is 0 Å². The third-order valence-corrected chi connectivity index (χ3v) is 2.95. The summed E-state index contributed by atoms with van der Waals surface area (Å²) >= 11 is 0. The van der Waals surface area contributed by atoms with E-state index >= 15 is 0 Å². The van der Waals surface area contributed by atoms with E-state index in [1.54, 1.807) is 12.1 Å². The van der Waals surface area contributed by atoms with Crippen LogP contribution in [0.2, 0.25) is 0 Å². The van der Waals surface area contributed by atoms with Crippen LogP contribution in [0.5, 0.6) is 5.88 Å². The average Bonchev–Trinajstić information content (AvgIpc) is 2.79. The monoisotopic (exact) mass is 273 g/mol. The van der Waals surface area contributed by atoms with Crippen molar-refractivity contribution in [2.45, 2.75) is 6.61 Å². The number of benzene rings is 1. The lowest BCUT2D eigenvalue weighted by Gasteiger charge is -2.06. The molecule has 2 heterocycles. The van der Waals surface area contributed by atoms with Crippen molar-refractivity contribution in [2.24, 2.45) is 0 Å². The van der Waals surface area contributed by atoms with Crippen molar-refractivity contribution in [3.8, 4) is 5.88 Å². The van der Waals surface area contributed by atoms with Crippen molar-refractivity contribution in [1.82, 2.24) is 4.98 Å². The molecule has 0 saturated heterocycles. The third-order valence-electron chi connectivity index (χ3n) is 2.95. The van der Waals surface area contributed by atoms with E-state index in [4.69, 9.17) is 9.39 Å². The summed E-state index contributed by atoms with van der Waals surface area (Å²) in [5.41, 5.74) is 0.628. The van der Waals surface area contributed by atoms with Gasteiger partial charge in [-0.25, -0.2) is 14.2 Å². The Labute approximate surface area is 114 Å². The van der Waals surface area contributed by atoms with E-state index in [1.807, 2.05) is 0 Å². The maximum atomic E-state index is 13.9. The SMILES string of the molecule is O=C(Oc1ccccn1)c1cc2c(cc1F)COB2O. The van der Waals surface area contributed by atoms with Gasteiger partial charge in [0.2, 0.25) is 5.88 Å². The van der Waals surface area contributed by atoms with Gasteiger partial charge in [0, 0.05) is 12.3 Å². The van der Waals surface area contributed by atoms with Gasteiger partial charge in [-0.1, -0.05) is 6.07 Å². The summed E-state index contributed by atoms with van der Waals surface area (Å²) in [6.07, 6.45) is 1.46. The normalized spacial score (nSPS) is 13.2. The van der Waals surface area contributed by atoms with E-state index in [1.165, 1.54) is 24.4 Å². The maximum Gasteiger partial charge on any atom is 0.491 e. The Bertz CT molecular complexity index is 665. The second-order valence-electron chi connectivity index (χ2n) is 4.25. The molecule has 5 nitrogen and oxygen atoms in total. The maximum absolute atomic E-state index is 13.9. The Hall–Kier alpha value is -2.25. The number of carbonyl (C=O) groups excluding carboxylic acids is 1. The fraction of sp³-hybridized carbons (Fsp3) is 0.0769. The minimum Gasteiger partial charge on any atom is -0.423 e. The molecule has 1 aromatic carbocycles. The van der Waals surface area contributed by atoms with Crippen LogP contribution in [0.3, 0.4) is 0 Å². The topological polar surface area (TPSA) is 68.7 Å². The molecule has 1 aliphatic heterocycles. The van der Waals surface area contributed by atoms with Crippen molar-refractivity contribution in [1.29, 1.82) is 0 Å². The molecular weight excluding hydrogens is 264 g/mol. The van der Waals surface area contributed by atoms with Gasteiger partial charge in [0.15, 0.2) is 0 Å². The summed E-state index contributed by atoms with van der Waals surface area (Å²) < 4.78 is 23.8. The van der Waals surface area contributed by atoms with Crippen LogP contribution in [0.1, 0.15) is 15.9 Å². The van der Waals surface area contributed by atoms with Gasteiger partial charge in [0.05, 0.1) is 12.2 Å². The zero-order valence-corrected chi connectivity index (χ0v) is 10.2. The first-order valence-corrected chi connectivity index (χ1v) is 5.90. The highest BCUT2D eigenvalue weighted by molar-refractivity contribution is 6.61. The number of halogens is 1. The zero-order valence-electron chi connectivity index (χ0n) is 10.2. The number of hydrogen-bond donors (Lipinski definition) is 1. The van der Waals surface area contributed by atoms with E-state index in [0.29, 0.717) is 11.0 Å². The summed E-state index contributed by atoms with van der Waals surface area (Å²) in [5.74, 6) is -1.51. The predicted octanol–water partition coefficient (Wildman–Crippen LogP) is 0.658. The Morgan fingerprint density at radius 1 is 1.45 bits per heavy atom. The lowest BCUT2D eigenvalue weighted by Crippen LogP contribution is -2.29. The van der Waals surface area contributed by atoms with Gasteiger partial charge >= 0.3 is 13.1 Å². The molecule has 0 aliphatic carbocycles. The molecule has 7 heteroatoms. The molecule has 0 unspecified atom stereocenters. The first kappa shape index (κ1) is 12.8. The Morgan fingerprint density at radius 2 is 2.30 bits per heavy atom. The second kappa shape index (κ2) is 5.03. The minimum absolute atomic E-state index is 0.0780. The summed E-state index contributed by atoms with van der Waals surface area (Å²) in [7, 11) is -1.15. The molecule has 0 atom stereocenters. The predicted molar refractivity (Wildman–Crippen MR) is 68.0 cm³/mol. The first-order valence-electron chi connectivity index (χ1n) is 5.90. The summed E-state index contributed by atoms with van der Waals surface area (Å²) in [6.45, 7) is 0.114. The molecule has 20 heavy (non-hydrogen) atoms. The molecule has 1 aromatic heterocycles. The summed E-state index contributed by atoms with van der Waals surface area (Å²) in [6, 6.07) is 7.21. The molecule has 1 N–H and O–H groups in total. The van der Waals surface area contributed by atoms with Crippen LogP contribution in [0.4, 0.5) is 4.39 Å². The van der Waals surface area contributed by atoms with Crippen molar-refractivity contribution in [2.75, 3.05) is 0 Å². The van der Waals surface area contributed by atoms with E-state index in [9.17, 15) is 14.2 Å². The van der Waals surface area contributed by atoms with Crippen molar-refractivity contribution >= 4 is 18.6 Å². The molecule has 0 bridgehead atoms. The average molecular weight is 273 g/mol. The smallest absolute Gasteiger partial charge is 0.423 e. The van der Waals surface area contributed by atoms with Crippen LogP contribution < -0.4 is 10.2 Å². The minimum atomic E-state index is -1.15. The number of esters is 1. The molecule has 100 valence electrons. The van der Waals surface area contributed by atoms with Gasteiger partial charge in [-0.3, -0.25) is 0 Å². The van der Waals surface area contributed by atoms with Crippen molar-refractivity contribution in [3.05, 3.63) is 53.5 Å². The van der Waals surface area contributed by atoms with Gasteiger partial charge in [-0.05, 0) is 29.2 Å². The Morgan fingerprint density at radius 3 is 3.05 bits per heavy atom. The third kappa shape index (κ3) is 2.28. The molecule has 0 amide bonds. The van der Waals surface area contributed by atoms with Gasteiger partial charge in [-0.15, -0.1) is 0 Å². The van der Waals surface area contributed by atoms with Crippen LogP contribution in [0.25, 0.3) is 0 Å². The molecular formula is C13H9BFNO4. The van der Waals surface area contributed by atoms with E-state index in [0.717, 1.165) is 0 Å². The van der Waals surface area contributed by atoms with Crippen LogP contribution in [0.15, 0.2) is 36.5 Å². The second-order valence-corrected chi connectivity index (χ2v) is 4.25. The molecule has 0 saturated carbocycles. The number of hydrogen-bond acceptors (Lipinski definition) is 5. The lowest BCUT2D eigenvalue weighted by molar-refractivity contribution is 0.0723. The standard InChI is InChI=1S/C13H9BFNO4/c15-11-5-8-7-19-14(18)10(8)6-9(11)13(17)20-12-3-1-2-4-16-12/h1-6,18H,7H2. The lowest BCUT2D eigenvalue weighted by atomic mass is 9.78. The number of aromatic nitrogens is 1. The number of rotatable bonds is 2. The zero-order chi connectivity index (χ0) is 14.1. The fourth-order valence-corrected chi connectivity index (χ4v) is 1.96. The molecule has 1 aliphatic rings. The van der Waals surface area contributed by atoms with Crippen LogP contribution in [-0.2, 0) is 11.3 Å². The number of nitrogens with zero attached hydrogens (tertiary/aromatic N) is 1. The van der Waals surface area contributed by atoms with Gasteiger partial charge in [0.25, 0.3) is 0 Å². The number of pyridine rings is 1. The van der Waals surface area contributed by atoms with Crippen LogP contribution in [-0.4, -0.2) is 23.1 Å². The molecule has 0 spiro atoms.